The normalized spacial score (nSPS) is 12.7. The average molecular weight is 284 g/mol. The topological polar surface area (TPSA) is 38.1 Å². The van der Waals surface area contributed by atoms with Crippen molar-refractivity contribution in [1.29, 1.82) is 0 Å². The third-order valence-corrected chi connectivity index (χ3v) is 3.50. The van der Waals surface area contributed by atoms with Gasteiger partial charge in [-0.25, -0.2) is 4.39 Å². The molecule has 0 fully saturated rings. The standard InChI is InChI=1S/C17H17FN2O/c1-3-19-16(14-8-7-13(18)10-20-14)15-9-12-6-4-5-11(2)17(12)21-15/h4-10,16,19H,3H2,1-2H3. The fourth-order valence-corrected chi connectivity index (χ4v) is 2.48. The molecule has 3 nitrogen and oxygen atoms in total. The second-order valence-electron chi connectivity index (χ2n) is 5.03. The molecule has 1 unspecified atom stereocenters. The zero-order valence-electron chi connectivity index (χ0n) is 12.1. The van der Waals surface area contributed by atoms with E-state index in [9.17, 15) is 4.39 Å². The molecule has 3 aromatic rings. The lowest BCUT2D eigenvalue weighted by Gasteiger charge is -2.14. The van der Waals surface area contributed by atoms with Crippen LogP contribution >= 0.6 is 0 Å². The van der Waals surface area contributed by atoms with E-state index in [1.807, 2.05) is 38.1 Å². The molecule has 108 valence electrons. The molecule has 1 atom stereocenters. The SMILES string of the molecule is CCNC(c1ccc(F)cn1)c1cc2cccc(C)c2o1. The van der Waals surface area contributed by atoms with Crippen molar-refractivity contribution in [3.63, 3.8) is 0 Å². The predicted octanol–water partition coefficient (Wildman–Crippen LogP) is 3.97. The van der Waals surface area contributed by atoms with Gasteiger partial charge in [0.25, 0.3) is 0 Å². The third kappa shape index (κ3) is 2.67. The molecule has 0 saturated heterocycles. The maximum Gasteiger partial charge on any atom is 0.141 e. The number of hydrogen-bond donors (Lipinski definition) is 1. The highest BCUT2D eigenvalue weighted by Gasteiger charge is 2.19. The first-order chi connectivity index (χ1) is 10.2. The molecule has 0 spiro atoms. The molecular formula is C17H17FN2O. The van der Waals surface area contributed by atoms with Crippen molar-refractivity contribution in [2.45, 2.75) is 19.9 Å². The van der Waals surface area contributed by atoms with Crippen LogP contribution in [0, 0.1) is 12.7 Å². The third-order valence-electron chi connectivity index (χ3n) is 3.50. The van der Waals surface area contributed by atoms with E-state index >= 15 is 0 Å². The Morgan fingerprint density at radius 3 is 2.81 bits per heavy atom. The number of rotatable bonds is 4. The van der Waals surface area contributed by atoms with Crippen molar-refractivity contribution < 1.29 is 8.81 Å². The van der Waals surface area contributed by atoms with Gasteiger partial charge in [-0.05, 0) is 37.2 Å². The summed E-state index contributed by atoms with van der Waals surface area (Å²) in [6, 6.07) is 11.0. The van der Waals surface area contributed by atoms with Crippen LogP contribution in [0.2, 0.25) is 0 Å². The summed E-state index contributed by atoms with van der Waals surface area (Å²) < 4.78 is 19.1. The van der Waals surface area contributed by atoms with Crippen molar-refractivity contribution in [2.24, 2.45) is 0 Å². The molecule has 2 heterocycles. The van der Waals surface area contributed by atoms with E-state index in [1.165, 1.54) is 12.3 Å². The van der Waals surface area contributed by atoms with Crippen LogP contribution < -0.4 is 5.32 Å². The van der Waals surface area contributed by atoms with Crippen molar-refractivity contribution in [3.8, 4) is 0 Å². The van der Waals surface area contributed by atoms with Crippen LogP contribution in [0.25, 0.3) is 11.0 Å². The van der Waals surface area contributed by atoms with Crippen molar-refractivity contribution in [1.82, 2.24) is 10.3 Å². The number of pyridine rings is 1. The summed E-state index contributed by atoms with van der Waals surface area (Å²) in [4.78, 5) is 4.17. The quantitative estimate of drug-likeness (QED) is 0.787. The van der Waals surface area contributed by atoms with E-state index in [0.717, 1.165) is 34.5 Å². The highest BCUT2D eigenvalue weighted by Crippen LogP contribution is 2.29. The minimum atomic E-state index is -0.338. The molecule has 0 amide bonds. The molecular weight excluding hydrogens is 267 g/mol. The monoisotopic (exact) mass is 284 g/mol. The van der Waals surface area contributed by atoms with Gasteiger partial charge in [-0.2, -0.15) is 0 Å². The van der Waals surface area contributed by atoms with Crippen LogP contribution in [0.3, 0.4) is 0 Å². The number of nitrogens with one attached hydrogen (secondary N) is 1. The second-order valence-corrected chi connectivity index (χ2v) is 5.03. The van der Waals surface area contributed by atoms with Crippen LogP contribution in [0.4, 0.5) is 4.39 Å². The van der Waals surface area contributed by atoms with E-state index in [2.05, 4.69) is 10.3 Å². The number of fused-ring (bicyclic) bond motifs is 1. The fraction of sp³-hybridized carbons (Fsp3) is 0.235. The Labute approximate surface area is 122 Å². The number of para-hydroxylation sites is 1. The molecule has 0 aliphatic rings. The van der Waals surface area contributed by atoms with Gasteiger partial charge in [0, 0.05) is 5.39 Å². The summed E-state index contributed by atoms with van der Waals surface area (Å²) in [5.41, 5.74) is 2.73. The molecule has 1 N–H and O–H groups in total. The molecule has 3 rings (SSSR count). The zero-order chi connectivity index (χ0) is 14.8. The average Bonchev–Trinajstić information content (AvgIpc) is 2.91. The van der Waals surface area contributed by atoms with Gasteiger partial charge in [-0.3, -0.25) is 4.98 Å². The molecule has 21 heavy (non-hydrogen) atoms. The minimum absolute atomic E-state index is 0.178. The number of benzene rings is 1. The first-order valence-electron chi connectivity index (χ1n) is 7.03. The minimum Gasteiger partial charge on any atom is -0.459 e. The molecule has 0 bridgehead atoms. The number of furan rings is 1. The lowest BCUT2D eigenvalue weighted by atomic mass is 10.1. The summed E-state index contributed by atoms with van der Waals surface area (Å²) in [5.74, 6) is 0.453. The largest absolute Gasteiger partial charge is 0.459 e. The van der Waals surface area contributed by atoms with E-state index in [4.69, 9.17) is 4.42 Å². The van der Waals surface area contributed by atoms with Crippen LogP contribution in [0.5, 0.6) is 0 Å². The maximum atomic E-state index is 13.1. The lowest BCUT2D eigenvalue weighted by Crippen LogP contribution is -2.22. The van der Waals surface area contributed by atoms with Gasteiger partial charge >= 0.3 is 0 Å². The number of aryl methyl sites for hydroxylation is 1. The molecule has 0 saturated carbocycles. The first kappa shape index (κ1) is 13.8. The van der Waals surface area contributed by atoms with Gasteiger partial charge in [-0.15, -0.1) is 0 Å². The molecule has 1 aromatic carbocycles. The van der Waals surface area contributed by atoms with Gasteiger partial charge in [0.1, 0.15) is 23.2 Å². The Kier molecular flexibility index (Phi) is 3.71. The van der Waals surface area contributed by atoms with E-state index in [1.54, 1.807) is 6.07 Å². The first-order valence-corrected chi connectivity index (χ1v) is 7.03. The molecule has 4 heteroatoms. The van der Waals surface area contributed by atoms with Gasteiger partial charge in [0.2, 0.25) is 0 Å². The number of aromatic nitrogens is 1. The highest BCUT2D eigenvalue weighted by molar-refractivity contribution is 5.81. The molecule has 0 radical (unpaired) electrons. The smallest absolute Gasteiger partial charge is 0.141 e. The van der Waals surface area contributed by atoms with Crippen LogP contribution in [-0.2, 0) is 0 Å². The zero-order valence-corrected chi connectivity index (χ0v) is 12.1. The van der Waals surface area contributed by atoms with Crippen LogP contribution in [-0.4, -0.2) is 11.5 Å². The van der Waals surface area contributed by atoms with Gasteiger partial charge < -0.3 is 9.73 Å². The number of halogens is 1. The lowest BCUT2D eigenvalue weighted by molar-refractivity contribution is 0.469. The summed E-state index contributed by atoms with van der Waals surface area (Å²) in [5, 5.41) is 4.40. The molecule has 0 aliphatic carbocycles. The van der Waals surface area contributed by atoms with Crippen LogP contribution in [0.15, 0.2) is 47.0 Å². The van der Waals surface area contributed by atoms with Gasteiger partial charge in [0.15, 0.2) is 0 Å². The Hall–Kier alpha value is -2.20. The highest BCUT2D eigenvalue weighted by atomic mass is 19.1. The molecule has 2 aromatic heterocycles. The Morgan fingerprint density at radius 2 is 2.14 bits per heavy atom. The fourth-order valence-electron chi connectivity index (χ4n) is 2.48. The van der Waals surface area contributed by atoms with Gasteiger partial charge in [0.05, 0.1) is 11.9 Å². The Bertz CT molecular complexity index is 749. The van der Waals surface area contributed by atoms with Crippen molar-refractivity contribution in [3.05, 3.63) is 65.4 Å². The Balaban J connectivity index is 2.06. The molecule has 0 aliphatic heterocycles. The van der Waals surface area contributed by atoms with E-state index < -0.39 is 0 Å². The summed E-state index contributed by atoms with van der Waals surface area (Å²) in [6.45, 7) is 4.80. The van der Waals surface area contributed by atoms with Crippen molar-refractivity contribution >= 4 is 11.0 Å². The van der Waals surface area contributed by atoms with Crippen molar-refractivity contribution in [2.75, 3.05) is 6.54 Å². The summed E-state index contributed by atoms with van der Waals surface area (Å²) >= 11 is 0. The Morgan fingerprint density at radius 1 is 1.29 bits per heavy atom. The maximum absolute atomic E-state index is 13.1. The van der Waals surface area contributed by atoms with Gasteiger partial charge in [-0.1, -0.05) is 25.1 Å². The number of nitrogens with zero attached hydrogens (tertiary/aromatic N) is 1. The predicted molar refractivity (Wildman–Crippen MR) is 80.7 cm³/mol. The van der Waals surface area contributed by atoms with E-state index in [0.29, 0.717) is 0 Å². The number of hydrogen-bond acceptors (Lipinski definition) is 3. The van der Waals surface area contributed by atoms with E-state index in [-0.39, 0.29) is 11.9 Å². The van der Waals surface area contributed by atoms with Crippen LogP contribution in [0.1, 0.15) is 30.0 Å². The summed E-state index contributed by atoms with van der Waals surface area (Å²) in [7, 11) is 0. The second kappa shape index (κ2) is 5.66. The summed E-state index contributed by atoms with van der Waals surface area (Å²) in [6.07, 6.45) is 1.23.